The summed E-state index contributed by atoms with van der Waals surface area (Å²) < 4.78 is 1.28. The van der Waals surface area contributed by atoms with Crippen molar-refractivity contribution in [2.45, 2.75) is 0 Å². The van der Waals surface area contributed by atoms with Gasteiger partial charge in [0.15, 0.2) is 0 Å². The van der Waals surface area contributed by atoms with Crippen molar-refractivity contribution in [2.24, 2.45) is 0 Å². The Bertz CT molecular complexity index is 193. The SMILES string of the molecule is BrC[CH]c1ccc(I)cc1. The second kappa shape index (κ2) is 4.34. The Labute approximate surface area is 83.3 Å². The maximum atomic E-state index is 3.35. The Kier molecular flexibility index (Phi) is 3.70. The predicted molar refractivity (Wildman–Crippen MR) is 56.4 cm³/mol. The number of benzene rings is 1. The molecule has 0 amide bonds. The summed E-state index contributed by atoms with van der Waals surface area (Å²) in [6.07, 6.45) is 2.13. The van der Waals surface area contributed by atoms with Gasteiger partial charge in [-0.25, -0.2) is 0 Å². The molecule has 53 valence electrons. The third-order valence-electron chi connectivity index (χ3n) is 1.18. The fraction of sp³-hybridized carbons (Fsp3) is 0.125. The summed E-state index contributed by atoms with van der Waals surface area (Å²) in [4.78, 5) is 0. The molecule has 0 saturated heterocycles. The van der Waals surface area contributed by atoms with E-state index in [9.17, 15) is 0 Å². The summed E-state index contributed by atoms with van der Waals surface area (Å²) >= 11 is 5.65. The van der Waals surface area contributed by atoms with Crippen LogP contribution in [-0.2, 0) is 0 Å². The summed E-state index contributed by atoms with van der Waals surface area (Å²) in [6, 6.07) is 8.44. The molecule has 0 N–H and O–H groups in total. The highest BCUT2D eigenvalue weighted by Gasteiger charge is 1.89. The van der Waals surface area contributed by atoms with Crippen molar-refractivity contribution < 1.29 is 0 Å². The van der Waals surface area contributed by atoms with Crippen LogP contribution < -0.4 is 0 Å². The summed E-state index contributed by atoms with van der Waals surface area (Å²) in [7, 11) is 0. The molecule has 0 atom stereocenters. The van der Waals surface area contributed by atoms with E-state index in [-0.39, 0.29) is 0 Å². The predicted octanol–water partition coefficient (Wildman–Crippen LogP) is 3.24. The van der Waals surface area contributed by atoms with E-state index >= 15 is 0 Å². The van der Waals surface area contributed by atoms with E-state index in [1.165, 1.54) is 9.13 Å². The topological polar surface area (TPSA) is 0 Å². The van der Waals surface area contributed by atoms with Gasteiger partial charge in [0, 0.05) is 15.3 Å². The smallest absolute Gasteiger partial charge is 0.0130 e. The van der Waals surface area contributed by atoms with E-state index in [0.717, 1.165) is 5.33 Å². The third-order valence-corrected chi connectivity index (χ3v) is 2.23. The van der Waals surface area contributed by atoms with Gasteiger partial charge in [0.1, 0.15) is 0 Å². The Balaban J connectivity index is 2.69. The molecule has 1 aromatic rings. The first kappa shape index (κ1) is 8.53. The summed E-state index contributed by atoms with van der Waals surface area (Å²) in [6.45, 7) is 0. The zero-order valence-corrected chi connectivity index (χ0v) is 9.09. The van der Waals surface area contributed by atoms with Gasteiger partial charge in [0.2, 0.25) is 0 Å². The van der Waals surface area contributed by atoms with Crippen molar-refractivity contribution in [3.63, 3.8) is 0 Å². The third kappa shape index (κ3) is 2.58. The molecular formula is C8H7BrI. The van der Waals surface area contributed by atoms with Crippen molar-refractivity contribution in [3.8, 4) is 0 Å². The zero-order chi connectivity index (χ0) is 7.40. The molecule has 1 aromatic carbocycles. The van der Waals surface area contributed by atoms with E-state index in [0.29, 0.717) is 0 Å². The first-order valence-electron chi connectivity index (χ1n) is 2.97. The van der Waals surface area contributed by atoms with Gasteiger partial charge < -0.3 is 0 Å². The normalized spacial score (nSPS) is 9.80. The molecule has 0 aromatic heterocycles. The summed E-state index contributed by atoms with van der Waals surface area (Å²) in [5.41, 5.74) is 1.28. The van der Waals surface area contributed by atoms with E-state index in [1.807, 2.05) is 0 Å². The van der Waals surface area contributed by atoms with Crippen LogP contribution in [0.2, 0.25) is 0 Å². The highest BCUT2D eigenvalue weighted by atomic mass is 127. The molecular weight excluding hydrogens is 303 g/mol. The Hall–Kier alpha value is 0.430. The summed E-state index contributed by atoms with van der Waals surface area (Å²) in [5.74, 6) is 0. The van der Waals surface area contributed by atoms with Crippen molar-refractivity contribution in [2.75, 3.05) is 5.33 Å². The minimum Gasteiger partial charge on any atom is -0.0921 e. The van der Waals surface area contributed by atoms with E-state index in [2.05, 4.69) is 69.2 Å². The Morgan fingerprint density at radius 3 is 2.40 bits per heavy atom. The molecule has 2 heteroatoms. The fourth-order valence-electron chi connectivity index (χ4n) is 0.688. The number of halogens is 2. The van der Waals surface area contributed by atoms with Crippen LogP contribution in [0.4, 0.5) is 0 Å². The van der Waals surface area contributed by atoms with Gasteiger partial charge in [-0.05, 0) is 40.3 Å². The molecule has 1 rings (SSSR count). The second-order valence-electron chi connectivity index (χ2n) is 1.91. The minimum absolute atomic E-state index is 0.924. The molecule has 0 aliphatic heterocycles. The maximum absolute atomic E-state index is 3.35. The lowest BCUT2D eigenvalue weighted by Gasteiger charge is -1.95. The minimum atomic E-state index is 0.924. The van der Waals surface area contributed by atoms with Crippen LogP contribution in [0.15, 0.2) is 24.3 Å². The molecule has 0 saturated carbocycles. The quantitative estimate of drug-likeness (QED) is 0.581. The molecule has 10 heavy (non-hydrogen) atoms. The average Bonchev–Trinajstić information content (AvgIpc) is 1.95. The first-order chi connectivity index (χ1) is 4.83. The van der Waals surface area contributed by atoms with Crippen LogP contribution >= 0.6 is 38.5 Å². The van der Waals surface area contributed by atoms with E-state index < -0.39 is 0 Å². The number of alkyl halides is 1. The molecule has 0 fully saturated rings. The van der Waals surface area contributed by atoms with Gasteiger partial charge in [-0.15, -0.1) is 0 Å². The number of hydrogen-bond acceptors (Lipinski definition) is 0. The van der Waals surface area contributed by atoms with Crippen molar-refractivity contribution >= 4 is 38.5 Å². The molecule has 0 aliphatic carbocycles. The maximum Gasteiger partial charge on any atom is 0.0130 e. The van der Waals surface area contributed by atoms with Crippen LogP contribution in [0.3, 0.4) is 0 Å². The number of rotatable bonds is 2. The van der Waals surface area contributed by atoms with E-state index in [1.54, 1.807) is 0 Å². The Morgan fingerprint density at radius 1 is 1.30 bits per heavy atom. The summed E-state index contributed by atoms with van der Waals surface area (Å²) in [5, 5.41) is 0.924. The number of hydrogen-bond donors (Lipinski definition) is 0. The average molecular weight is 310 g/mol. The molecule has 0 unspecified atom stereocenters. The molecule has 0 aliphatic rings. The van der Waals surface area contributed by atoms with E-state index in [4.69, 9.17) is 0 Å². The van der Waals surface area contributed by atoms with Crippen LogP contribution in [0.25, 0.3) is 0 Å². The second-order valence-corrected chi connectivity index (χ2v) is 3.80. The largest absolute Gasteiger partial charge is 0.0921 e. The van der Waals surface area contributed by atoms with Gasteiger partial charge >= 0.3 is 0 Å². The molecule has 0 nitrogen and oxygen atoms in total. The monoisotopic (exact) mass is 309 g/mol. The van der Waals surface area contributed by atoms with Crippen molar-refractivity contribution in [1.29, 1.82) is 0 Å². The van der Waals surface area contributed by atoms with Gasteiger partial charge in [-0.3, -0.25) is 0 Å². The van der Waals surface area contributed by atoms with Gasteiger partial charge in [0.25, 0.3) is 0 Å². The Morgan fingerprint density at radius 2 is 1.90 bits per heavy atom. The van der Waals surface area contributed by atoms with Gasteiger partial charge in [0.05, 0.1) is 0 Å². The van der Waals surface area contributed by atoms with Gasteiger partial charge in [-0.1, -0.05) is 28.1 Å². The highest BCUT2D eigenvalue weighted by molar-refractivity contribution is 14.1. The van der Waals surface area contributed by atoms with Crippen LogP contribution in [0.5, 0.6) is 0 Å². The molecule has 1 radical (unpaired) electrons. The van der Waals surface area contributed by atoms with Crippen molar-refractivity contribution in [3.05, 3.63) is 39.8 Å². The first-order valence-corrected chi connectivity index (χ1v) is 5.17. The van der Waals surface area contributed by atoms with Gasteiger partial charge in [-0.2, -0.15) is 0 Å². The fourth-order valence-corrected chi connectivity index (χ4v) is 1.42. The standard InChI is InChI=1S/C8H7BrI/c9-6-5-7-1-3-8(10)4-2-7/h1-5H,6H2. The van der Waals surface area contributed by atoms with Crippen LogP contribution in [0, 0.1) is 9.99 Å². The lowest BCUT2D eigenvalue weighted by Crippen LogP contribution is -1.81. The molecule has 0 heterocycles. The highest BCUT2D eigenvalue weighted by Crippen LogP contribution is 2.08. The zero-order valence-electron chi connectivity index (χ0n) is 5.35. The van der Waals surface area contributed by atoms with Crippen LogP contribution in [-0.4, -0.2) is 5.33 Å². The van der Waals surface area contributed by atoms with Crippen molar-refractivity contribution in [1.82, 2.24) is 0 Å². The molecule has 0 bridgehead atoms. The molecule has 0 spiro atoms. The lowest BCUT2D eigenvalue weighted by molar-refractivity contribution is 1.44. The lowest BCUT2D eigenvalue weighted by atomic mass is 10.2. The van der Waals surface area contributed by atoms with Crippen LogP contribution in [0.1, 0.15) is 5.56 Å².